The normalized spacial score (nSPS) is 12.6. The molecule has 1 atom stereocenters. The second-order valence-electron chi connectivity index (χ2n) is 8.03. The Morgan fingerprint density at radius 3 is 2.38 bits per heavy atom. The lowest BCUT2D eigenvalue weighted by Gasteiger charge is -2.37. The number of amides is 1. The maximum atomic E-state index is 13.2. The highest BCUT2D eigenvalue weighted by molar-refractivity contribution is 8.00. The minimum absolute atomic E-state index is 0.0435. The monoisotopic (exact) mass is 409 g/mol. The number of aryl methyl sites for hydroxylation is 1. The number of rotatable bonds is 6. The largest absolute Gasteiger partial charge is 0.411 e. The van der Waals surface area contributed by atoms with Crippen molar-refractivity contribution < 1.29 is 9.21 Å². The van der Waals surface area contributed by atoms with Crippen LogP contribution in [0.15, 0.2) is 64.2 Å². The average Bonchev–Trinajstić information content (AvgIpc) is 3.14. The Bertz CT molecular complexity index is 964. The molecule has 0 saturated carbocycles. The molecule has 1 aromatic heterocycles. The predicted octanol–water partition coefficient (Wildman–Crippen LogP) is 5.35. The fraction of sp³-hybridized carbons (Fsp3) is 0.348. The first-order valence-corrected chi connectivity index (χ1v) is 10.6. The number of nitrogens with zero attached hydrogens (tertiary/aromatic N) is 3. The third kappa shape index (κ3) is 5.26. The second kappa shape index (κ2) is 8.82. The molecule has 1 amide bonds. The van der Waals surface area contributed by atoms with Crippen LogP contribution in [0.4, 0.5) is 0 Å². The highest BCUT2D eigenvalue weighted by Crippen LogP contribution is 2.30. The van der Waals surface area contributed by atoms with Crippen molar-refractivity contribution in [1.29, 1.82) is 0 Å². The molecule has 0 N–H and O–H groups in total. The SMILES string of the molecule is Cc1ccccc1-c1nnc(S[C@@H](C)C(=O)N(Cc2ccccc2)C(C)(C)C)o1. The molecule has 0 radical (unpaired) electrons. The van der Waals surface area contributed by atoms with Crippen molar-refractivity contribution in [3.8, 4) is 11.5 Å². The molecule has 2 aromatic carbocycles. The van der Waals surface area contributed by atoms with Crippen molar-refractivity contribution in [3.05, 3.63) is 65.7 Å². The number of thioether (sulfide) groups is 1. The van der Waals surface area contributed by atoms with E-state index >= 15 is 0 Å². The Labute approximate surface area is 176 Å². The highest BCUT2D eigenvalue weighted by Gasteiger charge is 2.31. The van der Waals surface area contributed by atoms with Gasteiger partial charge >= 0.3 is 0 Å². The van der Waals surface area contributed by atoms with Gasteiger partial charge in [-0.15, -0.1) is 10.2 Å². The van der Waals surface area contributed by atoms with Crippen LogP contribution in [0.5, 0.6) is 0 Å². The van der Waals surface area contributed by atoms with Gasteiger partial charge in [0.25, 0.3) is 5.22 Å². The van der Waals surface area contributed by atoms with Crippen molar-refractivity contribution in [3.63, 3.8) is 0 Å². The molecule has 29 heavy (non-hydrogen) atoms. The summed E-state index contributed by atoms with van der Waals surface area (Å²) >= 11 is 1.30. The molecule has 0 fully saturated rings. The minimum atomic E-state index is -0.344. The lowest BCUT2D eigenvalue weighted by atomic mass is 10.0. The molecule has 0 saturated heterocycles. The summed E-state index contributed by atoms with van der Waals surface area (Å²) in [6.07, 6.45) is 0. The Kier molecular flexibility index (Phi) is 6.42. The molecule has 0 spiro atoms. The Hall–Kier alpha value is -2.60. The van der Waals surface area contributed by atoms with Crippen molar-refractivity contribution in [2.24, 2.45) is 0 Å². The molecule has 3 aromatic rings. The molecule has 0 aliphatic heterocycles. The summed E-state index contributed by atoms with van der Waals surface area (Å²) in [4.78, 5) is 15.1. The molecule has 0 aliphatic carbocycles. The van der Waals surface area contributed by atoms with Gasteiger partial charge in [-0.25, -0.2) is 0 Å². The summed E-state index contributed by atoms with van der Waals surface area (Å²) in [5.74, 6) is 0.518. The standard InChI is InChI=1S/C23H27N3O2S/c1-16-11-9-10-14-19(16)20-24-25-22(28-20)29-17(2)21(27)26(23(3,4)5)15-18-12-7-6-8-13-18/h6-14,17H,15H2,1-5H3/t17-/m0/s1. The molecule has 5 nitrogen and oxygen atoms in total. The van der Waals surface area contributed by atoms with E-state index in [0.717, 1.165) is 16.7 Å². The van der Waals surface area contributed by atoms with E-state index in [-0.39, 0.29) is 16.7 Å². The van der Waals surface area contributed by atoms with Crippen LogP contribution in [0.3, 0.4) is 0 Å². The van der Waals surface area contributed by atoms with E-state index in [2.05, 4.69) is 10.2 Å². The predicted molar refractivity (Wildman–Crippen MR) is 117 cm³/mol. The zero-order valence-corrected chi connectivity index (χ0v) is 18.4. The van der Waals surface area contributed by atoms with Crippen molar-refractivity contribution in [1.82, 2.24) is 15.1 Å². The van der Waals surface area contributed by atoms with E-state index in [9.17, 15) is 4.79 Å². The molecule has 1 heterocycles. The zero-order chi connectivity index (χ0) is 21.0. The summed E-state index contributed by atoms with van der Waals surface area (Å²) in [7, 11) is 0. The van der Waals surface area contributed by atoms with Crippen molar-refractivity contribution in [2.75, 3.05) is 0 Å². The third-order valence-electron chi connectivity index (χ3n) is 4.67. The van der Waals surface area contributed by atoms with Gasteiger partial charge in [-0.1, -0.05) is 60.3 Å². The molecule has 0 unspecified atom stereocenters. The smallest absolute Gasteiger partial charge is 0.277 e. The van der Waals surface area contributed by atoms with E-state index in [1.807, 2.05) is 94.1 Å². The summed E-state index contributed by atoms with van der Waals surface area (Å²) in [5, 5.41) is 8.35. The molecular formula is C23H27N3O2S. The molecule has 0 bridgehead atoms. The second-order valence-corrected chi connectivity index (χ2v) is 9.32. The van der Waals surface area contributed by atoms with Gasteiger partial charge in [0.1, 0.15) is 0 Å². The lowest BCUT2D eigenvalue weighted by Crippen LogP contribution is -2.48. The van der Waals surface area contributed by atoms with Crippen LogP contribution in [0, 0.1) is 6.92 Å². The lowest BCUT2D eigenvalue weighted by molar-refractivity contribution is -0.135. The summed E-state index contributed by atoms with van der Waals surface area (Å²) in [5.41, 5.74) is 2.78. The molecule has 0 aliphatic rings. The fourth-order valence-electron chi connectivity index (χ4n) is 3.01. The van der Waals surface area contributed by atoms with Crippen LogP contribution >= 0.6 is 11.8 Å². The highest BCUT2D eigenvalue weighted by atomic mass is 32.2. The number of benzene rings is 2. The summed E-state index contributed by atoms with van der Waals surface area (Å²) < 4.78 is 5.82. The van der Waals surface area contributed by atoms with Crippen LogP contribution in [0.25, 0.3) is 11.5 Å². The molecule has 152 valence electrons. The molecule has 3 rings (SSSR count). The first kappa shape index (κ1) is 21.1. The van der Waals surface area contributed by atoms with Crippen LogP contribution in [-0.4, -0.2) is 31.8 Å². The molecule has 6 heteroatoms. The van der Waals surface area contributed by atoms with Gasteiger partial charge in [0.05, 0.1) is 5.25 Å². The number of hydrogen-bond acceptors (Lipinski definition) is 5. The number of carbonyl (C=O) groups is 1. The Morgan fingerprint density at radius 1 is 1.07 bits per heavy atom. The first-order valence-electron chi connectivity index (χ1n) is 9.67. The van der Waals surface area contributed by atoms with Gasteiger partial charge in [-0.05, 0) is 51.8 Å². The van der Waals surface area contributed by atoms with Crippen LogP contribution in [0.1, 0.15) is 38.8 Å². The average molecular weight is 410 g/mol. The van der Waals surface area contributed by atoms with Gasteiger partial charge in [0.15, 0.2) is 0 Å². The van der Waals surface area contributed by atoms with Crippen LogP contribution in [0.2, 0.25) is 0 Å². The Balaban J connectivity index is 1.74. The van der Waals surface area contributed by atoms with Gasteiger partial charge < -0.3 is 9.32 Å². The maximum absolute atomic E-state index is 13.2. The quantitative estimate of drug-likeness (QED) is 0.514. The summed E-state index contributed by atoms with van der Waals surface area (Å²) in [6.45, 7) is 10.6. The Morgan fingerprint density at radius 2 is 1.72 bits per heavy atom. The maximum Gasteiger partial charge on any atom is 0.277 e. The van der Waals surface area contributed by atoms with E-state index in [0.29, 0.717) is 17.7 Å². The number of carbonyl (C=O) groups excluding carboxylic acids is 1. The van der Waals surface area contributed by atoms with E-state index in [1.54, 1.807) is 0 Å². The van der Waals surface area contributed by atoms with Crippen molar-refractivity contribution in [2.45, 2.75) is 57.2 Å². The van der Waals surface area contributed by atoms with Gasteiger partial charge in [-0.2, -0.15) is 0 Å². The van der Waals surface area contributed by atoms with E-state index in [1.165, 1.54) is 11.8 Å². The zero-order valence-electron chi connectivity index (χ0n) is 17.5. The fourth-order valence-corrected chi connectivity index (χ4v) is 3.76. The van der Waals surface area contributed by atoms with Crippen LogP contribution in [-0.2, 0) is 11.3 Å². The van der Waals surface area contributed by atoms with E-state index in [4.69, 9.17) is 4.42 Å². The third-order valence-corrected chi connectivity index (χ3v) is 5.59. The summed E-state index contributed by atoms with van der Waals surface area (Å²) in [6, 6.07) is 17.9. The molecular weight excluding hydrogens is 382 g/mol. The van der Waals surface area contributed by atoms with E-state index < -0.39 is 0 Å². The van der Waals surface area contributed by atoms with Gasteiger partial charge in [0.2, 0.25) is 11.8 Å². The number of aromatic nitrogens is 2. The van der Waals surface area contributed by atoms with Crippen LogP contribution < -0.4 is 0 Å². The van der Waals surface area contributed by atoms with Crippen molar-refractivity contribution >= 4 is 17.7 Å². The first-order chi connectivity index (χ1) is 13.8. The minimum Gasteiger partial charge on any atom is -0.411 e. The van der Waals surface area contributed by atoms with Gasteiger partial charge in [0, 0.05) is 17.6 Å². The van der Waals surface area contributed by atoms with Gasteiger partial charge in [-0.3, -0.25) is 4.79 Å². The topological polar surface area (TPSA) is 59.2 Å². The number of hydrogen-bond donors (Lipinski definition) is 0.